The van der Waals surface area contributed by atoms with Crippen LogP contribution in [0.25, 0.3) is 0 Å². The number of esters is 1. The molecule has 2 heteroatoms. The third-order valence-electron chi connectivity index (χ3n) is 4.01. The van der Waals surface area contributed by atoms with Gasteiger partial charge in [-0.05, 0) is 32.6 Å². The van der Waals surface area contributed by atoms with Crippen molar-refractivity contribution < 1.29 is 9.53 Å². The van der Waals surface area contributed by atoms with Crippen molar-refractivity contribution in [2.45, 2.75) is 104 Å². The summed E-state index contributed by atoms with van der Waals surface area (Å²) in [6.07, 6.45) is 12.9. The first-order valence-electron chi connectivity index (χ1n) is 8.86. The Labute approximate surface area is 126 Å². The molecule has 0 aliphatic carbocycles. The number of hydrogen-bond donors (Lipinski definition) is 0. The lowest BCUT2D eigenvalue weighted by Crippen LogP contribution is -2.22. The highest BCUT2D eigenvalue weighted by atomic mass is 16.5. The molecular weight excluding hydrogens is 248 g/mol. The molecule has 0 amide bonds. The molecule has 0 aliphatic rings. The van der Waals surface area contributed by atoms with Gasteiger partial charge in [-0.2, -0.15) is 0 Å². The number of carbonyl (C=O) groups is 1. The second kappa shape index (κ2) is 13.5. The summed E-state index contributed by atoms with van der Waals surface area (Å²) in [5.74, 6) is 0.150. The summed E-state index contributed by atoms with van der Waals surface area (Å²) in [7, 11) is 0. The van der Waals surface area contributed by atoms with E-state index in [0.29, 0.717) is 0 Å². The summed E-state index contributed by atoms with van der Waals surface area (Å²) in [5, 5.41) is 0. The zero-order valence-corrected chi connectivity index (χ0v) is 14.2. The summed E-state index contributed by atoms with van der Waals surface area (Å²) in [4.78, 5) is 12.1. The number of carbonyl (C=O) groups excluding carboxylic acids is 1. The van der Waals surface area contributed by atoms with E-state index in [2.05, 4.69) is 20.8 Å². The second-order valence-corrected chi connectivity index (χ2v) is 6.05. The molecule has 0 aromatic carbocycles. The Balaban J connectivity index is 3.83. The van der Waals surface area contributed by atoms with E-state index in [-0.39, 0.29) is 18.0 Å². The molecule has 2 atom stereocenters. The van der Waals surface area contributed by atoms with Crippen LogP contribution in [0.15, 0.2) is 0 Å². The Morgan fingerprint density at radius 2 is 1.40 bits per heavy atom. The van der Waals surface area contributed by atoms with Crippen molar-refractivity contribution in [2.75, 3.05) is 0 Å². The molecule has 0 aromatic rings. The fourth-order valence-electron chi connectivity index (χ4n) is 2.52. The highest BCUT2D eigenvalue weighted by Gasteiger charge is 2.19. The minimum atomic E-state index is 0.0342. The highest BCUT2D eigenvalue weighted by Crippen LogP contribution is 2.18. The summed E-state index contributed by atoms with van der Waals surface area (Å²) in [5.41, 5.74) is 0. The van der Waals surface area contributed by atoms with Crippen molar-refractivity contribution >= 4 is 5.97 Å². The van der Waals surface area contributed by atoms with Gasteiger partial charge in [-0.1, -0.05) is 65.7 Å². The van der Waals surface area contributed by atoms with Crippen molar-refractivity contribution in [1.82, 2.24) is 0 Å². The van der Waals surface area contributed by atoms with E-state index in [1.54, 1.807) is 0 Å². The fraction of sp³-hybridized carbons (Fsp3) is 0.944. The molecule has 0 saturated heterocycles. The van der Waals surface area contributed by atoms with Gasteiger partial charge in [-0.25, -0.2) is 0 Å². The van der Waals surface area contributed by atoms with Gasteiger partial charge in [0.05, 0.1) is 12.0 Å². The SMILES string of the molecule is CCCCCCC(C)OC(=O)C(CC)CCCCCC. The van der Waals surface area contributed by atoms with Crippen molar-refractivity contribution in [3.05, 3.63) is 0 Å². The van der Waals surface area contributed by atoms with Crippen LogP contribution in [0.2, 0.25) is 0 Å². The van der Waals surface area contributed by atoms with Crippen molar-refractivity contribution in [3.63, 3.8) is 0 Å². The summed E-state index contributed by atoms with van der Waals surface area (Å²) in [6, 6.07) is 0. The van der Waals surface area contributed by atoms with E-state index in [0.717, 1.165) is 25.7 Å². The monoisotopic (exact) mass is 284 g/mol. The maximum Gasteiger partial charge on any atom is 0.309 e. The van der Waals surface area contributed by atoms with Crippen molar-refractivity contribution in [1.29, 1.82) is 0 Å². The fourth-order valence-corrected chi connectivity index (χ4v) is 2.52. The number of ether oxygens (including phenoxy) is 1. The van der Waals surface area contributed by atoms with Gasteiger partial charge >= 0.3 is 5.97 Å². The lowest BCUT2D eigenvalue weighted by molar-refractivity contribution is -0.154. The van der Waals surface area contributed by atoms with Gasteiger partial charge in [0.25, 0.3) is 0 Å². The van der Waals surface area contributed by atoms with Gasteiger partial charge in [0.2, 0.25) is 0 Å². The van der Waals surface area contributed by atoms with E-state index in [4.69, 9.17) is 4.74 Å². The molecule has 0 fully saturated rings. The molecular formula is C18H36O2. The third-order valence-corrected chi connectivity index (χ3v) is 4.01. The Bertz CT molecular complexity index is 225. The minimum Gasteiger partial charge on any atom is -0.462 e. The van der Waals surface area contributed by atoms with Crippen LogP contribution in [0.1, 0.15) is 98.3 Å². The quantitative estimate of drug-likeness (QED) is 0.311. The minimum absolute atomic E-state index is 0.0342. The van der Waals surface area contributed by atoms with Crippen LogP contribution < -0.4 is 0 Å². The number of unbranched alkanes of at least 4 members (excludes halogenated alkanes) is 6. The zero-order valence-electron chi connectivity index (χ0n) is 14.2. The normalized spacial score (nSPS) is 14.0. The van der Waals surface area contributed by atoms with E-state index >= 15 is 0 Å². The van der Waals surface area contributed by atoms with Gasteiger partial charge in [-0.3, -0.25) is 4.79 Å². The average molecular weight is 284 g/mol. The molecule has 20 heavy (non-hydrogen) atoms. The Morgan fingerprint density at radius 3 is 1.90 bits per heavy atom. The topological polar surface area (TPSA) is 26.3 Å². The molecule has 0 saturated carbocycles. The predicted molar refractivity (Wildman–Crippen MR) is 86.9 cm³/mol. The number of hydrogen-bond acceptors (Lipinski definition) is 2. The van der Waals surface area contributed by atoms with Crippen LogP contribution in [-0.4, -0.2) is 12.1 Å². The molecule has 2 nitrogen and oxygen atoms in total. The van der Waals surface area contributed by atoms with Crippen LogP contribution in [0.5, 0.6) is 0 Å². The van der Waals surface area contributed by atoms with Gasteiger partial charge in [-0.15, -0.1) is 0 Å². The van der Waals surface area contributed by atoms with E-state index < -0.39 is 0 Å². The molecule has 2 unspecified atom stereocenters. The molecule has 0 spiro atoms. The largest absolute Gasteiger partial charge is 0.462 e. The first-order chi connectivity index (χ1) is 9.65. The predicted octanol–water partition coefficient (Wildman–Crippen LogP) is 5.89. The molecule has 120 valence electrons. The zero-order chi connectivity index (χ0) is 15.2. The molecule has 0 heterocycles. The second-order valence-electron chi connectivity index (χ2n) is 6.05. The smallest absolute Gasteiger partial charge is 0.309 e. The Hall–Kier alpha value is -0.530. The molecule has 0 rings (SSSR count). The molecule has 0 aromatic heterocycles. The summed E-state index contributed by atoms with van der Waals surface area (Å²) in [6.45, 7) is 8.56. The molecule has 0 aliphatic heterocycles. The molecule has 0 N–H and O–H groups in total. The lowest BCUT2D eigenvalue weighted by atomic mass is 9.98. The third kappa shape index (κ3) is 10.3. The number of rotatable bonds is 13. The van der Waals surface area contributed by atoms with Crippen LogP contribution in [0.3, 0.4) is 0 Å². The van der Waals surface area contributed by atoms with Gasteiger partial charge in [0.15, 0.2) is 0 Å². The summed E-state index contributed by atoms with van der Waals surface area (Å²) >= 11 is 0. The van der Waals surface area contributed by atoms with E-state index in [9.17, 15) is 4.79 Å². The van der Waals surface area contributed by atoms with E-state index in [1.807, 2.05) is 6.92 Å². The van der Waals surface area contributed by atoms with Crippen LogP contribution in [-0.2, 0) is 9.53 Å². The van der Waals surface area contributed by atoms with Crippen LogP contribution >= 0.6 is 0 Å². The van der Waals surface area contributed by atoms with Crippen molar-refractivity contribution in [3.8, 4) is 0 Å². The lowest BCUT2D eigenvalue weighted by Gasteiger charge is -2.18. The maximum atomic E-state index is 12.1. The maximum absolute atomic E-state index is 12.1. The Morgan fingerprint density at radius 1 is 0.850 bits per heavy atom. The van der Waals surface area contributed by atoms with Gasteiger partial charge < -0.3 is 4.74 Å². The van der Waals surface area contributed by atoms with Crippen molar-refractivity contribution in [2.24, 2.45) is 5.92 Å². The van der Waals surface area contributed by atoms with Crippen LogP contribution in [0, 0.1) is 5.92 Å². The molecule has 0 radical (unpaired) electrons. The first-order valence-corrected chi connectivity index (χ1v) is 8.86. The molecule has 0 bridgehead atoms. The van der Waals surface area contributed by atoms with Gasteiger partial charge in [0, 0.05) is 0 Å². The van der Waals surface area contributed by atoms with Gasteiger partial charge in [0.1, 0.15) is 0 Å². The highest BCUT2D eigenvalue weighted by molar-refractivity contribution is 5.72. The first kappa shape index (κ1) is 19.5. The van der Waals surface area contributed by atoms with E-state index in [1.165, 1.54) is 44.9 Å². The standard InChI is InChI=1S/C18H36O2/c1-5-8-10-12-14-16(4)20-18(19)17(7-3)15-13-11-9-6-2/h16-17H,5-15H2,1-4H3. The average Bonchev–Trinajstić information content (AvgIpc) is 2.43. The Kier molecular flexibility index (Phi) is 13.1. The summed E-state index contributed by atoms with van der Waals surface area (Å²) < 4.78 is 5.60. The van der Waals surface area contributed by atoms with Crippen LogP contribution in [0.4, 0.5) is 0 Å².